The Labute approximate surface area is 249 Å². The van der Waals surface area contributed by atoms with Gasteiger partial charge in [-0.05, 0) is 23.7 Å². The zero-order valence-corrected chi connectivity index (χ0v) is 29.8. The van der Waals surface area contributed by atoms with Gasteiger partial charge in [0, 0.05) is 35.5 Å². The van der Waals surface area contributed by atoms with E-state index in [2.05, 4.69) is 41.5 Å². The molecule has 240 valence electrons. The SMILES string of the molecule is CC(C)C.CC(C)C.CC(CC(=O)C(N)C(C)C)C(=O)C(C)(C)C.CC(CC(=O)C(N)C(C)C)C(=O)C(C)(C)C. The van der Waals surface area contributed by atoms with Crippen molar-refractivity contribution in [1.82, 2.24) is 0 Å². The molecule has 4 unspecified atom stereocenters. The van der Waals surface area contributed by atoms with Crippen LogP contribution in [-0.2, 0) is 19.2 Å². The maximum Gasteiger partial charge on any atom is 0.150 e. The molecule has 40 heavy (non-hydrogen) atoms. The molecule has 6 heteroatoms. The summed E-state index contributed by atoms with van der Waals surface area (Å²) in [6.45, 7) is 35.5. The first-order chi connectivity index (χ1) is 17.6. The molecule has 0 aromatic carbocycles. The summed E-state index contributed by atoms with van der Waals surface area (Å²) in [5.41, 5.74) is 10.7. The fourth-order valence-corrected chi connectivity index (χ4v) is 3.28. The van der Waals surface area contributed by atoms with Crippen LogP contribution >= 0.6 is 0 Å². The van der Waals surface area contributed by atoms with Crippen molar-refractivity contribution < 1.29 is 19.2 Å². The van der Waals surface area contributed by atoms with Crippen molar-refractivity contribution in [3.05, 3.63) is 0 Å². The van der Waals surface area contributed by atoms with Gasteiger partial charge in [0.15, 0.2) is 0 Å². The molecule has 0 saturated carbocycles. The predicted molar refractivity (Wildman–Crippen MR) is 173 cm³/mol. The Morgan fingerprint density at radius 3 is 0.775 bits per heavy atom. The summed E-state index contributed by atoms with van der Waals surface area (Å²) in [6, 6.07) is -0.898. The number of carbonyl (C=O) groups excluding carboxylic acids is 4. The Kier molecular flexibility index (Phi) is 24.3. The topological polar surface area (TPSA) is 120 Å². The normalized spacial score (nSPS) is 14.6. The third-order valence-corrected chi connectivity index (χ3v) is 5.57. The molecule has 0 fully saturated rings. The molecule has 0 aromatic rings. The molecule has 0 rings (SSSR count). The van der Waals surface area contributed by atoms with E-state index in [0.29, 0.717) is 0 Å². The number of rotatable bonds is 10. The smallest absolute Gasteiger partial charge is 0.150 e. The van der Waals surface area contributed by atoms with E-state index in [-0.39, 0.29) is 70.5 Å². The summed E-state index contributed by atoms with van der Waals surface area (Å²) in [7, 11) is 0. The minimum absolute atomic E-state index is 0.0138. The molecule has 0 heterocycles. The van der Waals surface area contributed by atoms with Crippen LogP contribution in [0.25, 0.3) is 0 Å². The Bertz CT molecular complexity index is 658. The van der Waals surface area contributed by atoms with Gasteiger partial charge >= 0.3 is 0 Å². The van der Waals surface area contributed by atoms with Crippen LogP contribution in [0, 0.1) is 46.3 Å². The lowest BCUT2D eigenvalue weighted by Crippen LogP contribution is -2.38. The fourth-order valence-electron chi connectivity index (χ4n) is 3.28. The second-order valence-corrected chi connectivity index (χ2v) is 15.4. The van der Waals surface area contributed by atoms with E-state index < -0.39 is 12.1 Å². The van der Waals surface area contributed by atoms with Crippen LogP contribution in [0.15, 0.2) is 0 Å². The predicted octanol–water partition coefficient (Wildman–Crippen LogP) is 7.69. The second kappa shape index (κ2) is 21.3. The third kappa shape index (κ3) is 25.6. The summed E-state index contributed by atoms with van der Waals surface area (Å²) in [6.07, 6.45) is 0.519. The minimum Gasteiger partial charge on any atom is -0.321 e. The van der Waals surface area contributed by atoms with Crippen molar-refractivity contribution in [2.24, 2.45) is 57.8 Å². The molecule has 0 aliphatic heterocycles. The third-order valence-electron chi connectivity index (χ3n) is 5.57. The lowest BCUT2D eigenvalue weighted by Gasteiger charge is -2.23. The van der Waals surface area contributed by atoms with Gasteiger partial charge in [0.25, 0.3) is 0 Å². The van der Waals surface area contributed by atoms with Gasteiger partial charge in [-0.1, -0.05) is 125 Å². The van der Waals surface area contributed by atoms with Gasteiger partial charge in [-0.15, -0.1) is 0 Å². The summed E-state index contributed by atoms with van der Waals surface area (Å²) in [5, 5.41) is 0. The van der Waals surface area contributed by atoms with Crippen molar-refractivity contribution in [1.29, 1.82) is 0 Å². The number of Topliss-reactive ketones (excluding diaryl/α,β-unsaturated/α-hetero) is 4. The van der Waals surface area contributed by atoms with Crippen molar-refractivity contribution >= 4 is 23.1 Å². The summed E-state index contributed by atoms with van der Waals surface area (Å²) < 4.78 is 0. The van der Waals surface area contributed by atoms with Gasteiger partial charge in [-0.3, -0.25) is 19.2 Å². The van der Waals surface area contributed by atoms with Crippen LogP contribution in [0.3, 0.4) is 0 Å². The molecule has 0 saturated heterocycles. The van der Waals surface area contributed by atoms with Crippen LogP contribution in [0.1, 0.15) is 137 Å². The number of ketones is 4. The van der Waals surface area contributed by atoms with Crippen molar-refractivity contribution in [3.63, 3.8) is 0 Å². The molecule has 0 bridgehead atoms. The zero-order valence-electron chi connectivity index (χ0n) is 29.8. The van der Waals surface area contributed by atoms with Crippen LogP contribution in [-0.4, -0.2) is 35.2 Å². The largest absolute Gasteiger partial charge is 0.321 e. The Hall–Kier alpha value is -1.40. The molecule has 4 N–H and O–H groups in total. The molecule has 0 aliphatic rings. The Morgan fingerprint density at radius 2 is 0.650 bits per heavy atom. The monoisotopic (exact) mass is 571 g/mol. The Balaban J connectivity index is -0.000000255. The quantitative estimate of drug-likeness (QED) is 0.278. The molecular formula is C34H70N2O4. The standard InChI is InChI=1S/2C13H25NO2.2C4H10/c2*1-8(2)11(14)10(15)7-9(3)12(16)13(4,5)6;2*1-4(2)3/h2*8-9,11H,7,14H2,1-6H3;2*4H,1-3H3. The molecule has 0 aliphatic carbocycles. The number of nitrogens with two attached hydrogens (primary N) is 2. The van der Waals surface area contributed by atoms with Crippen LogP contribution in [0.4, 0.5) is 0 Å². The molecule has 6 nitrogen and oxygen atoms in total. The number of carbonyl (C=O) groups is 4. The van der Waals surface area contributed by atoms with Crippen molar-refractivity contribution in [3.8, 4) is 0 Å². The lowest BCUT2D eigenvalue weighted by atomic mass is 9.81. The number of hydrogen-bond donors (Lipinski definition) is 2. The van der Waals surface area contributed by atoms with Crippen molar-refractivity contribution in [2.75, 3.05) is 0 Å². The minimum atomic E-state index is -0.449. The van der Waals surface area contributed by atoms with Gasteiger partial charge in [0.1, 0.15) is 23.1 Å². The average Bonchev–Trinajstić information content (AvgIpc) is 2.74. The summed E-state index contributed by atoms with van der Waals surface area (Å²) in [4.78, 5) is 47.3. The first kappa shape index (κ1) is 45.6. The molecule has 0 radical (unpaired) electrons. The maximum atomic E-state index is 11.9. The van der Waals surface area contributed by atoms with E-state index in [9.17, 15) is 19.2 Å². The van der Waals surface area contributed by atoms with E-state index in [1.165, 1.54) is 0 Å². The number of hydrogen-bond acceptors (Lipinski definition) is 6. The van der Waals surface area contributed by atoms with Gasteiger partial charge < -0.3 is 11.5 Å². The summed E-state index contributed by atoms with van der Waals surface area (Å²) in [5.74, 6) is 1.66. The van der Waals surface area contributed by atoms with Gasteiger partial charge in [-0.25, -0.2) is 0 Å². The molecule has 4 atom stereocenters. The highest BCUT2D eigenvalue weighted by atomic mass is 16.1. The van der Waals surface area contributed by atoms with E-state index in [1.54, 1.807) is 13.8 Å². The first-order valence-electron chi connectivity index (χ1n) is 15.3. The molecule has 0 aromatic heterocycles. The van der Waals surface area contributed by atoms with Crippen LogP contribution in [0.5, 0.6) is 0 Å². The zero-order chi connectivity index (χ0) is 33.3. The maximum absolute atomic E-state index is 11.9. The molecule has 0 amide bonds. The fraction of sp³-hybridized carbons (Fsp3) is 0.882. The van der Waals surface area contributed by atoms with E-state index in [0.717, 1.165) is 11.8 Å². The highest BCUT2D eigenvalue weighted by Crippen LogP contribution is 2.23. The first-order valence-corrected chi connectivity index (χ1v) is 15.3. The van der Waals surface area contributed by atoms with Gasteiger partial charge in [0.05, 0.1) is 12.1 Å². The lowest BCUT2D eigenvalue weighted by molar-refractivity contribution is -0.133. The van der Waals surface area contributed by atoms with Crippen LogP contribution in [0.2, 0.25) is 0 Å². The second-order valence-electron chi connectivity index (χ2n) is 15.4. The molecule has 0 spiro atoms. The van der Waals surface area contributed by atoms with Gasteiger partial charge in [-0.2, -0.15) is 0 Å². The van der Waals surface area contributed by atoms with E-state index in [1.807, 2.05) is 69.2 Å². The highest BCUT2D eigenvalue weighted by Gasteiger charge is 2.30. The highest BCUT2D eigenvalue weighted by molar-refractivity contribution is 5.93. The Morgan fingerprint density at radius 1 is 0.475 bits per heavy atom. The summed E-state index contributed by atoms with van der Waals surface area (Å²) >= 11 is 0. The van der Waals surface area contributed by atoms with E-state index in [4.69, 9.17) is 11.5 Å². The van der Waals surface area contributed by atoms with E-state index >= 15 is 0 Å². The average molecular weight is 571 g/mol. The van der Waals surface area contributed by atoms with Crippen molar-refractivity contribution in [2.45, 2.75) is 150 Å². The van der Waals surface area contributed by atoms with Gasteiger partial charge in [0.2, 0.25) is 0 Å². The molecular weight excluding hydrogens is 500 g/mol. The van der Waals surface area contributed by atoms with Crippen LogP contribution < -0.4 is 11.5 Å².